The smallest absolute Gasteiger partial charge is 0.308 e. The van der Waals surface area contributed by atoms with E-state index < -0.39 is 12.0 Å². The Morgan fingerprint density at radius 3 is 2.47 bits per heavy atom. The van der Waals surface area contributed by atoms with Crippen molar-refractivity contribution < 1.29 is 19.1 Å². The first-order chi connectivity index (χ1) is 15.5. The van der Waals surface area contributed by atoms with Crippen LogP contribution in [0.15, 0.2) is 48.5 Å². The molecule has 1 saturated heterocycles. The van der Waals surface area contributed by atoms with Gasteiger partial charge in [0.15, 0.2) is 0 Å². The Labute approximate surface area is 187 Å². The summed E-state index contributed by atoms with van der Waals surface area (Å²) in [5.74, 6) is -0.643. The highest BCUT2D eigenvalue weighted by atomic mass is 16.5. The first-order valence-electron chi connectivity index (χ1n) is 10.8. The average molecular weight is 437 g/mol. The molecule has 2 aliphatic rings. The lowest BCUT2D eigenvalue weighted by molar-refractivity contribution is -0.143. The molecule has 8 heteroatoms. The van der Waals surface area contributed by atoms with E-state index in [1.165, 1.54) is 12.8 Å². The normalized spacial score (nSPS) is 18.5. The predicted molar refractivity (Wildman–Crippen MR) is 122 cm³/mol. The molecule has 2 heterocycles. The standard InChI is InChI=1S/C24H28N4O4/c1-26-16-18-14-17(8-9-20(18)25-21(24(26)31)15-22(29)32-2)23(30)28-12-10-27(11-13-28)19-6-4-3-5-7-19/h3-9,14,21,25H,10-13,15-16H2,1-2H3. The Kier molecular flexibility index (Phi) is 6.30. The summed E-state index contributed by atoms with van der Waals surface area (Å²) in [7, 11) is 3.00. The zero-order valence-electron chi connectivity index (χ0n) is 18.4. The van der Waals surface area contributed by atoms with E-state index >= 15 is 0 Å². The minimum Gasteiger partial charge on any atom is -0.469 e. The monoisotopic (exact) mass is 436 g/mol. The maximum atomic E-state index is 13.2. The molecule has 0 bridgehead atoms. The van der Waals surface area contributed by atoms with Crippen molar-refractivity contribution in [3.05, 3.63) is 59.7 Å². The number of amides is 2. The van der Waals surface area contributed by atoms with E-state index in [0.29, 0.717) is 25.2 Å². The number of benzene rings is 2. The van der Waals surface area contributed by atoms with Crippen LogP contribution < -0.4 is 10.2 Å². The van der Waals surface area contributed by atoms with E-state index in [4.69, 9.17) is 4.74 Å². The van der Waals surface area contributed by atoms with Crippen LogP contribution in [0.4, 0.5) is 11.4 Å². The molecule has 0 saturated carbocycles. The zero-order valence-corrected chi connectivity index (χ0v) is 18.4. The van der Waals surface area contributed by atoms with Crippen molar-refractivity contribution in [1.29, 1.82) is 0 Å². The summed E-state index contributed by atoms with van der Waals surface area (Å²) in [5, 5.41) is 3.15. The summed E-state index contributed by atoms with van der Waals surface area (Å²) in [5.41, 5.74) is 3.37. The van der Waals surface area contributed by atoms with Gasteiger partial charge in [-0.05, 0) is 35.9 Å². The number of hydrogen-bond donors (Lipinski definition) is 1. The van der Waals surface area contributed by atoms with Crippen LogP contribution in [-0.2, 0) is 20.9 Å². The van der Waals surface area contributed by atoms with Crippen LogP contribution in [0.2, 0.25) is 0 Å². The predicted octanol–water partition coefficient (Wildman–Crippen LogP) is 1.96. The van der Waals surface area contributed by atoms with Crippen LogP contribution >= 0.6 is 0 Å². The number of para-hydroxylation sites is 1. The van der Waals surface area contributed by atoms with Gasteiger partial charge in [-0.3, -0.25) is 14.4 Å². The lowest BCUT2D eigenvalue weighted by atomic mass is 10.1. The molecule has 2 aromatic rings. The van der Waals surface area contributed by atoms with Gasteiger partial charge in [0.1, 0.15) is 6.04 Å². The Hall–Kier alpha value is -3.55. The molecule has 0 radical (unpaired) electrons. The van der Waals surface area contributed by atoms with Crippen LogP contribution in [0.3, 0.4) is 0 Å². The number of piperazine rings is 1. The van der Waals surface area contributed by atoms with Gasteiger partial charge >= 0.3 is 5.97 Å². The van der Waals surface area contributed by atoms with E-state index in [9.17, 15) is 14.4 Å². The van der Waals surface area contributed by atoms with Crippen molar-refractivity contribution in [3.8, 4) is 0 Å². The van der Waals surface area contributed by atoms with Crippen LogP contribution in [0, 0.1) is 0 Å². The summed E-state index contributed by atoms with van der Waals surface area (Å²) in [4.78, 5) is 43.2. The van der Waals surface area contributed by atoms with Crippen molar-refractivity contribution in [1.82, 2.24) is 9.80 Å². The van der Waals surface area contributed by atoms with Crippen molar-refractivity contribution in [2.45, 2.75) is 19.0 Å². The first-order valence-corrected chi connectivity index (χ1v) is 10.8. The molecular weight excluding hydrogens is 408 g/mol. The molecule has 0 aromatic heterocycles. The van der Waals surface area contributed by atoms with E-state index in [-0.39, 0.29) is 18.2 Å². The SMILES string of the molecule is COC(=O)CC1Nc2ccc(C(=O)N3CCN(c4ccccc4)CC3)cc2CN(C)C1=O. The van der Waals surface area contributed by atoms with Gasteiger partial charge < -0.3 is 24.8 Å². The topological polar surface area (TPSA) is 82.2 Å². The summed E-state index contributed by atoms with van der Waals surface area (Å²) < 4.78 is 4.72. The number of methoxy groups -OCH3 is 1. The second kappa shape index (κ2) is 9.30. The van der Waals surface area contributed by atoms with E-state index in [2.05, 4.69) is 22.3 Å². The van der Waals surface area contributed by atoms with Crippen LogP contribution in [0.5, 0.6) is 0 Å². The average Bonchev–Trinajstić information content (AvgIpc) is 2.94. The molecule has 8 nitrogen and oxygen atoms in total. The molecule has 4 rings (SSSR count). The van der Waals surface area contributed by atoms with Gasteiger partial charge in [0, 0.05) is 56.7 Å². The molecular formula is C24H28N4O4. The Balaban J connectivity index is 1.46. The van der Waals surface area contributed by atoms with E-state index in [1.807, 2.05) is 35.2 Å². The van der Waals surface area contributed by atoms with Crippen molar-refractivity contribution in [3.63, 3.8) is 0 Å². The number of esters is 1. The summed E-state index contributed by atoms with van der Waals surface area (Å²) >= 11 is 0. The molecule has 2 aromatic carbocycles. The van der Waals surface area contributed by atoms with E-state index in [0.717, 1.165) is 24.3 Å². The third kappa shape index (κ3) is 4.54. The number of carbonyl (C=O) groups excluding carboxylic acids is 3. The summed E-state index contributed by atoms with van der Waals surface area (Å²) in [6.45, 7) is 3.25. The van der Waals surface area contributed by atoms with Crippen LogP contribution in [0.25, 0.3) is 0 Å². The Morgan fingerprint density at radius 2 is 1.78 bits per heavy atom. The van der Waals surface area contributed by atoms with Gasteiger partial charge in [0.2, 0.25) is 5.91 Å². The minimum absolute atomic E-state index is 0.00940. The molecule has 0 aliphatic carbocycles. The number of fused-ring (bicyclic) bond motifs is 1. The number of hydrogen-bond acceptors (Lipinski definition) is 6. The second-order valence-corrected chi connectivity index (χ2v) is 8.16. The number of nitrogens with one attached hydrogen (secondary N) is 1. The fraction of sp³-hybridized carbons (Fsp3) is 0.375. The number of likely N-dealkylation sites (N-methyl/N-ethyl adjacent to an activating group) is 1. The fourth-order valence-corrected chi connectivity index (χ4v) is 4.22. The summed E-state index contributed by atoms with van der Waals surface area (Å²) in [6.07, 6.45) is -0.0501. The van der Waals surface area contributed by atoms with Gasteiger partial charge in [-0.25, -0.2) is 0 Å². The number of anilines is 2. The molecule has 1 fully saturated rings. The number of carbonyl (C=O) groups is 3. The quantitative estimate of drug-likeness (QED) is 0.738. The lowest BCUT2D eigenvalue weighted by Crippen LogP contribution is -2.48. The van der Waals surface area contributed by atoms with Crippen molar-refractivity contribution in [2.24, 2.45) is 0 Å². The third-order valence-electron chi connectivity index (χ3n) is 6.05. The second-order valence-electron chi connectivity index (χ2n) is 8.16. The van der Waals surface area contributed by atoms with Gasteiger partial charge in [-0.1, -0.05) is 18.2 Å². The molecule has 2 aliphatic heterocycles. The van der Waals surface area contributed by atoms with Crippen LogP contribution in [-0.4, -0.2) is 74.0 Å². The number of nitrogens with zero attached hydrogens (tertiary/aromatic N) is 3. The molecule has 168 valence electrons. The molecule has 1 N–H and O–H groups in total. The largest absolute Gasteiger partial charge is 0.469 e. The summed E-state index contributed by atoms with van der Waals surface area (Å²) in [6, 6.07) is 15.0. The molecule has 2 amide bonds. The van der Waals surface area contributed by atoms with E-state index in [1.54, 1.807) is 18.0 Å². The lowest BCUT2D eigenvalue weighted by Gasteiger charge is -2.36. The Bertz CT molecular complexity index is 1000. The molecule has 1 unspecified atom stereocenters. The van der Waals surface area contributed by atoms with Gasteiger partial charge in [-0.2, -0.15) is 0 Å². The highest BCUT2D eigenvalue weighted by molar-refractivity contribution is 5.96. The fourth-order valence-electron chi connectivity index (χ4n) is 4.22. The zero-order chi connectivity index (χ0) is 22.7. The van der Waals surface area contributed by atoms with Crippen molar-refractivity contribution in [2.75, 3.05) is 50.6 Å². The maximum absolute atomic E-state index is 13.2. The molecule has 1 atom stereocenters. The highest BCUT2D eigenvalue weighted by Gasteiger charge is 2.30. The highest BCUT2D eigenvalue weighted by Crippen LogP contribution is 2.26. The third-order valence-corrected chi connectivity index (χ3v) is 6.05. The van der Waals surface area contributed by atoms with Gasteiger partial charge in [0.25, 0.3) is 5.91 Å². The van der Waals surface area contributed by atoms with Gasteiger partial charge in [-0.15, -0.1) is 0 Å². The molecule has 32 heavy (non-hydrogen) atoms. The van der Waals surface area contributed by atoms with Gasteiger partial charge in [0.05, 0.1) is 13.5 Å². The maximum Gasteiger partial charge on any atom is 0.308 e. The Morgan fingerprint density at radius 1 is 1.06 bits per heavy atom. The number of rotatable bonds is 4. The minimum atomic E-state index is -0.693. The van der Waals surface area contributed by atoms with Crippen molar-refractivity contribution >= 4 is 29.2 Å². The first kappa shape index (κ1) is 21.7. The van der Waals surface area contributed by atoms with Crippen LogP contribution in [0.1, 0.15) is 22.3 Å². The molecule has 0 spiro atoms. The number of ether oxygens (including phenoxy) is 1.